The molecular weight excluding hydrogens is 323 g/mol. The summed E-state index contributed by atoms with van der Waals surface area (Å²) in [6.45, 7) is 3.77. The minimum absolute atomic E-state index is 0.0660. The summed E-state index contributed by atoms with van der Waals surface area (Å²) in [6, 6.07) is 8.50. The minimum Gasteiger partial charge on any atom is -0.338 e. The van der Waals surface area contributed by atoms with Crippen molar-refractivity contribution in [2.45, 2.75) is 19.9 Å². The highest BCUT2D eigenvalue weighted by Gasteiger charge is 2.07. The van der Waals surface area contributed by atoms with Crippen molar-refractivity contribution in [2.75, 3.05) is 10.6 Å². The molecule has 22 heavy (non-hydrogen) atoms. The number of carbonyl (C=O) groups is 1. The zero-order chi connectivity index (χ0) is 16.1. The minimum atomic E-state index is -0.272. The van der Waals surface area contributed by atoms with Crippen molar-refractivity contribution in [1.82, 2.24) is 10.3 Å². The van der Waals surface area contributed by atoms with E-state index in [1.54, 1.807) is 36.5 Å². The van der Waals surface area contributed by atoms with Crippen molar-refractivity contribution in [3.8, 4) is 0 Å². The number of amides is 2. The maximum atomic E-state index is 11.6. The summed E-state index contributed by atoms with van der Waals surface area (Å²) in [6.07, 6.45) is 1.55. The van der Waals surface area contributed by atoms with Gasteiger partial charge in [-0.15, -0.1) is 0 Å². The molecule has 2 amide bonds. The van der Waals surface area contributed by atoms with Crippen LogP contribution in [0.4, 0.5) is 22.0 Å². The number of para-hydroxylation sites is 1. The molecule has 1 aromatic carbocycles. The van der Waals surface area contributed by atoms with Crippen molar-refractivity contribution in [3.05, 3.63) is 46.6 Å². The SMILES string of the molecule is CC(C)NC(=O)Nc1ccc(Nc2c(Cl)cccc2Cl)nc1. The molecule has 0 radical (unpaired) electrons. The quantitative estimate of drug-likeness (QED) is 0.759. The lowest BCUT2D eigenvalue weighted by molar-refractivity contribution is 0.250. The van der Waals surface area contributed by atoms with Crippen molar-refractivity contribution in [2.24, 2.45) is 0 Å². The molecule has 0 aliphatic heterocycles. The van der Waals surface area contributed by atoms with Crippen LogP contribution in [0.25, 0.3) is 0 Å². The average Bonchev–Trinajstić information content (AvgIpc) is 2.44. The maximum absolute atomic E-state index is 11.6. The predicted molar refractivity (Wildman–Crippen MR) is 91.3 cm³/mol. The predicted octanol–water partition coefficient (Wildman–Crippen LogP) is 4.66. The molecule has 0 spiro atoms. The van der Waals surface area contributed by atoms with E-state index in [1.807, 2.05) is 13.8 Å². The third kappa shape index (κ3) is 4.51. The number of benzene rings is 1. The van der Waals surface area contributed by atoms with Gasteiger partial charge in [0.05, 0.1) is 27.6 Å². The Labute approximate surface area is 139 Å². The molecule has 0 atom stereocenters. The summed E-state index contributed by atoms with van der Waals surface area (Å²) in [4.78, 5) is 15.8. The van der Waals surface area contributed by atoms with Crippen LogP contribution in [0.5, 0.6) is 0 Å². The van der Waals surface area contributed by atoms with Crippen molar-refractivity contribution >= 4 is 46.4 Å². The Bertz CT molecular complexity index is 639. The van der Waals surface area contributed by atoms with Gasteiger partial charge in [0.25, 0.3) is 0 Å². The third-order valence-corrected chi connectivity index (χ3v) is 3.29. The van der Waals surface area contributed by atoms with Gasteiger partial charge in [-0.3, -0.25) is 0 Å². The Kier molecular flexibility index (Phi) is 5.46. The molecule has 0 bridgehead atoms. The molecule has 116 valence electrons. The number of nitrogens with zero attached hydrogens (tertiary/aromatic N) is 1. The number of halogens is 2. The van der Waals surface area contributed by atoms with E-state index in [4.69, 9.17) is 23.2 Å². The highest BCUT2D eigenvalue weighted by molar-refractivity contribution is 6.39. The first-order chi connectivity index (χ1) is 10.5. The second kappa shape index (κ2) is 7.33. The molecule has 1 heterocycles. The Morgan fingerprint density at radius 1 is 1.14 bits per heavy atom. The van der Waals surface area contributed by atoms with Crippen LogP contribution in [-0.4, -0.2) is 17.1 Å². The van der Waals surface area contributed by atoms with Gasteiger partial charge in [0.1, 0.15) is 5.82 Å². The zero-order valence-electron chi connectivity index (χ0n) is 12.2. The molecular formula is C15H16Cl2N4O. The van der Waals surface area contributed by atoms with Crippen LogP contribution >= 0.6 is 23.2 Å². The fourth-order valence-electron chi connectivity index (χ4n) is 1.72. The monoisotopic (exact) mass is 338 g/mol. The number of aromatic nitrogens is 1. The van der Waals surface area contributed by atoms with Gasteiger partial charge >= 0.3 is 6.03 Å². The molecule has 3 N–H and O–H groups in total. The molecule has 0 aliphatic rings. The van der Waals surface area contributed by atoms with Crippen LogP contribution in [-0.2, 0) is 0 Å². The van der Waals surface area contributed by atoms with Gasteiger partial charge in [-0.05, 0) is 38.1 Å². The van der Waals surface area contributed by atoms with E-state index in [9.17, 15) is 4.79 Å². The number of carbonyl (C=O) groups excluding carboxylic acids is 1. The van der Waals surface area contributed by atoms with Gasteiger partial charge in [-0.25, -0.2) is 9.78 Å². The molecule has 0 saturated heterocycles. The highest BCUT2D eigenvalue weighted by Crippen LogP contribution is 2.32. The van der Waals surface area contributed by atoms with Crippen LogP contribution < -0.4 is 16.0 Å². The maximum Gasteiger partial charge on any atom is 0.319 e. The Balaban J connectivity index is 2.05. The number of pyridine rings is 1. The lowest BCUT2D eigenvalue weighted by Crippen LogP contribution is -2.34. The molecule has 1 aromatic heterocycles. The van der Waals surface area contributed by atoms with Gasteiger partial charge in [-0.1, -0.05) is 29.3 Å². The standard InChI is InChI=1S/C15H16Cl2N4O/c1-9(2)19-15(22)20-10-6-7-13(18-8-10)21-14-11(16)4-3-5-12(14)17/h3-9H,1-2H3,(H,18,21)(H2,19,20,22). The summed E-state index contributed by atoms with van der Waals surface area (Å²) >= 11 is 12.2. The fourth-order valence-corrected chi connectivity index (χ4v) is 2.21. The average molecular weight is 339 g/mol. The number of anilines is 3. The van der Waals surface area contributed by atoms with E-state index in [2.05, 4.69) is 20.9 Å². The van der Waals surface area contributed by atoms with E-state index in [0.717, 1.165) is 0 Å². The van der Waals surface area contributed by atoms with Crippen LogP contribution in [0, 0.1) is 0 Å². The van der Waals surface area contributed by atoms with Crippen molar-refractivity contribution < 1.29 is 4.79 Å². The molecule has 2 aromatic rings. The van der Waals surface area contributed by atoms with Crippen LogP contribution in [0.2, 0.25) is 10.0 Å². The molecule has 0 fully saturated rings. The Morgan fingerprint density at radius 2 is 1.82 bits per heavy atom. The largest absolute Gasteiger partial charge is 0.338 e. The zero-order valence-corrected chi connectivity index (χ0v) is 13.7. The van der Waals surface area contributed by atoms with Gasteiger partial charge in [0.2, 0.25) is 0 Å². The fraction of sp³-hybridized carbons (Fsp3) is 0.200. The molecule has 7 heteroatoms. The van der Waals surface area contributed by atoms with Gasteiger partial charge in [0.15, 0.2) is 0 Å². The van der Waals surface area contributed by atoms with E-state index in [1.165, 1.54) is 0 Å². The Hall–Kier alpha value is -1.98. The second-order valence-electron chi connectivity index (χ2n) is 4.91. The number of urea groups is 1. The number of hydrogen-bond acceptors (Lipinski definition) is 3. The Morgan fingerprint density at radius 3 is 2.36 bits per heavy atom. The lowest BCUT2D eigenvalue weighted by atomic mass is 10.3. The van der Waals surface area contributed by atoms with E-state index < -0.39 is 0 Å². The van der Waals surface area contributed by atoms with Crippen molar-refractivity contribution in [3.63, 3.8) is 0 Å². The summed E-state index contributed by atoms with van der Waals surface area (Å²) < 4.78 is 0. The van der Waals surface area contributed by atoms with E-state index >= 15 is 0 Å². The summed E-state index contributed by atoms with van der Waals surface area (Å²) in [5.74, 6) is 0.574. The normalized spacial score (nSPS) is 10.4. The van der Waals surface area contributed by atoms with E-state index in [0.29, 0.717) is 27.2 Å². The topological polar surface area (TPSA) is 66.1 Å². The van der Waals surface area contributed by atoms with Crippen molar-refractivity contribution in [1.29, 1.82) is 0 Å². The lowest BCUT2D eigenvalue weighted by Gasteiger charge is -2.11. The second-order valence-corrected chi connectivity index (χ2v) is 5.72. The molecule has 0 unspecified atom stereocenters. The summed E-state index contributed by atoms with van der Waals surface area (Å²) in [5.41, 5.74) is 1.19. The number of nitrogens with one attached hydrogen (secondary N) is 3. The summed E-state index contributed by atoms with van der Waals surface area (Å²) in [5, 5.41) is 9.49. The first-order valence-electron chi connectivity index (χ1n) is 6.70. The molecule has 0 saturated carbocycles. The molecule has 0 aliphatic carbocycles. The van der Waals surface area contributed by atoms with Gasteiger partial charge < -0.3 is 16.0 Å². The third-order valence-electron chi connectivity index (χ3n) is 2.66. The number of hydrogen-bond donors (Lipinski definition) is 3. The van der Waals surface area contributed by atoms with Crippen LogP contribution in [0.3, 0.4) is 0 Å². The van der Waals surface area contributed by atoms with Crippen LogP contribution in [0.1, 0.15) is 13.8 Å². The first kappa shape index (κ1) is 16.4. The van der Waals surface area contributed by atoms with Gasteiger partial charge in [0, 0.05) is 6.04 Å². The highest BCUT2D eigenvalue weighted by atomic mass is 35.5. The smallest absolute Gasteiger partial charge is 0.319 e. The first-order valence-corrected chi connectivity index (χ1v) is 7.46. The van der Waals surface area contributed by atoms with Gasteiger partial charge in [-0.2, -0.15) is 0 Å². The summed E-state index contributed by atoms with van der Waals surface area (Å²) in [7, 11) is 0. The van der Waals surface area contributed by atoms with E-state index in [-0.39, 0.29) is 12.1 Å². The number of rotatable bonds is 4. The molecule has 2 rings (SSSR count). The molecule has 5 nitrogen and oxygen atoms in total. The van der Waals surface area contributed by atoms with Crippen LogP contribution in [0.15, 0.2) is 36.5 Å².